The van der Waals surface area contributed by atoms with Crippen LogP contribution >= 0.6 is 0 Å². The van der Waals surface area contributed by atoms with E-state index in [1.807, 2.05) is 30.3 Å². The van der Waals surface area contributed by atoms with Gasteiger partial charge in [-0.05, 0) is 11.6 Å². The van der Waals surface area contributed by atoms with E-state index >= 15 is 0 Å². The maximum absolute atomic E-state index is 10.7. The van der Waals surface area contributed by atoms with Crippen molar-refractivity contribution >= 4 is 5.97 Å². The summed E-state index contributed by atoms with van der Waals surface area (Å²) in [7, 11) is 0. The summed E-state index contributed by atoms with van der Waals surface area (Å²) in [5.41, 5.74) is 1.77. The molecule has 0 spiro atoms. The van der Waals surface area contributed by atoms with Crippen molar-refractivity contribution in [1.29, 1.82) is 0 Å². The number of rotatable bonds is 5. The van der Waals surface area contributed by atoms with Crippen molar-refractivity contribution in [1.82, 2.24) is 4.98 Å². The molecule has 0 saturated heterocycles. The molecule has 0 unspecified atom stereocenters. The Kier molecular flexibility index (Phi) is 4.50. The van der Waals surface area contributed by atoms with Crippen molar-refractivity contribution in [2.75, 3.05) is 0 Å². The summed E-state index contributed by atoms with van der Waals surface area (Å²) in [5.74, 6) is 0.387. The van der Waals surface area contributed by atoms with E-state index in [9.17, 15) is 4.79 Å². The molecule has 0 aliphatic carbocycles. The summed E-state index contributed by atoms with van der Waals surface area (Å²) in [6.45, 7) is 2.03. The molecular weight excluding hydrogens is 242 g/mol. The second-order valence-electron chi connectivity index (χ2n) is 4.04. The van der Waals surface area contributed by atoms with Crippen molar-refractivity contribution in [2.45, 2.75) is 20.1 Å². The van der Waals surface area contributed by atoms with Crippen LogP contribution in [-0.2, 0) is 22.7 Å². The number of benzene rings is 1. The summed E-state index contributed by atoms with van der Waals surface area (Å²) in [4.78, 5) is 14.8. The number of carbonyl (C=O) groups is 1. The van der Waals surface area contributed by atoms with E-state index in [2.05, 4.69) is 4.98 Å². The van der Waals surface area contributed by atoms with Crippen LogP contribution in [0.2, 0.25) is 0 Å². The lowest BCUT2D eigenvalue weighted by atomic mass is 10.2. The molecule has 0 amide bonds. The van der Waals surface area contributed by atoms with Crippen molar-refractivity contribution in [3.05, 3.63) is 59.9 Å². The molecule has 0 aliphatic rings. The minimum atomic E-state index is -0.322. The molecule has 2 aromatic rings. The molecule has 0 N–H and O–H groups in total. The van der Waals surface area contributed by atoms with Crippen LogP contribution in [0, 0.1) is 0 Å². The molecule has 4 heteroatoms. The molecule has 0 aliphatic heterocycles. The minimum Gasteiger partial charge on any atom is -0.489 e. The van der Waals surface area contributed by atoms with Gasteiger partial charge in [-0.25, -0.2) is 0 Å². The van der Waals surface area contributed by atoms with Gasteiger partial charge in [0.2, 0.25) is 0 Å². The maximum Gasteiger partial charge on any atom is 0.303 e. The van der Waals surface area contributed by atoms with E-state index in [-0.39, 0.29) is 12.6 Å². The van der Waals surface area contributed by atoms with Crippen LogP contribution in [-0.4, -0.2) is 11.0 Å². The van der Waals surface area contributed by atoms with Gasteiger partial charge in [0.05, 0.1) is 5.69 Å². The zero-order valence-electron chi connectivity index (χ0n) is 10.7. The summed E-state index contributed by atoms with van der Waals surface area (Å²) in [6, 6.07) is 13.5. The van der Waals surface area contributed by atoms with Gasteiger partial charge in [0.15, 0.2) is 0 Å². The highest BCUT2D eigenvalue weighted by molar-refractivity contribution is 5.65. The van der Waals surface area contributed by atoms with Gasteiger partial charge in [-0.1, -0.05) is 30.3 Å². The molecule has 0 saturated carbocycles. The number of aromatic nitrogens is 1. The number of nitrogens with zero attached hydrogens (tertiary/aromatic N) is 1. The summed E-state index contributed by atoms with van der Waals surface area (Å²) in [6.07, 6.45) is 1.64. The lowest BCUT2D eigenvalue weighted by Crippen LogP contribution is -2.01. The lowest BCUT2D eigenvalue weighted by Gasteiger charge is -2.07. The molecule has 0 bridgehead atoms. The highest BCUT2D eigenvalue weighted by Crippen LogP contribution is 2.14. The molecular formula is C15H15NO3. The largest absolute Gasteiger partial charge is 0.489 e. The monoisotopic (exact) mass is 257 g/mol. The Morgan fingerprint density at radius 3 is 2.68 bits per heavy atom. The van der Waals surface area contributed by atoms with E-state index in [4.69, 9.17) is 9.47 Å². The number of esters is 1. The molecule has 98 valence electrons. The van der Waals surface area contributed by atoms with Crippen LogP contribution in [0.4, 0.5) is 0 Å². The van der Waals surface area contributed by atoms with Gasteiger partial charge in [0.25, 0.3) is 0 Å². The predicted molar refractivity (Wildman–Crippen MR) is 70.5 cm³/mol. The average Bonchev–Trinajstić information content (AvgIpc) is 2.44. The number of hydrogen-bond acceptors (Lipinski definition) is 4. The van der Waals surface area contributed by atoms with Crippen LogP contribution in [0.25, 0.3) is 0 Å². The number of carbonyl (C=O) groups excluding carboxylic acids is 1. The fourth-order valence-corrected chi connectivity index (χ4v) is 1.54. The number of hydrogen-bond donors (Lipinski definition) is 0. The van der Waals surface area contributed by atoms with Crippen molar-refractivity contribution in [3.8, 4) is 5.75 Å². The highest BCUT2D eigenvalue weighted by atomic mass is 16.5. The number of pyridine rings is 1. The first-order valence-corrected chi connectivity index (χ1v) is 5.99. The normalized spacial score (nSPS) is 9.95. The van der Waals surface area contributed by atoms with Gasteiger partial charge in [0, 0.05) is 19.2 Å². The van der Waals surface area contributed by atoms with Gasteiger partial charge < -0.3 is 9.47 Å². The van der Waals surface area contributed by atoms with Gasteiger partial charge in [-0.2, -0.15) is 0 Å². The van der Waals surface area contributed by atoms with Crippen LogP contribution in [0.3, 0.4) is 0 Å². The number of ether oxygens (including phenoxy) is 2. The zero-order valence-corrected chi connectivity index (χ0v) is 10.7. The second kappa shape index (κ2) is 6.54. The second-order valence-corrected chi connectivity index (χ2v) is 4.04. The molecule has 0 fully saturated rings. The van der Waals surface area contributed by atoms with E-state index < -0.39 is 0 Å². The molecule has 19 heavy (non-hydrogen) atoms. The van der Waals surface area contributed by atoms with E-state index in [0.717, 1.165) is 5.56 Å². The van der Waals surface area contributed by atoms with Crippen LogP contribution in [0.15, 0.2) is 48.7 Å². The Bertz CT molecular complexity index is 540. The first-order valence-electron chi connectivity index (χ1n) is 5.99. The van der Waals surface area contributed by atoms with Gasteiger partial charge >= 0.3 is 5.97 Å². The standard InChI is InChI=1S/C15H15NO3/c1-12(17)18-11-14-9-15(7-8-16-14)19-10-13-5-3-2-4-6-13/h2-9H,10-11H2,1H3. The van der Waals surface area contributed by atoms with Crippen LogP contribution in [0.5, 0.6) is 5.75 Å². The molecule has 4 nitrogen and oxygen atoms in total. The maximum atomic E-state index is 10.7. The van der Waals surface area contributed by atoms with Gasteiger partial charge in [0.1, 0.15) is 19.0 Å². The first kappa shape index (κ1) is 13.1. The van der Waals surface area contributed by atoms with Gasteiger partial charge in [-0.15, -0.1) is 0 Å². The van der Waals surface area contributed by atoms with Crippen LogP contribution in [0.1, 0.15) is 18.2 Å². The topological polar surface area (TPSA) is 48.4 Å². The van der Waals surface area contributed by atoms with E-state index in [0.29, 0.717) is 18.1 Å². The third kappa shape index (κ3) is 4.43. The lowest BCUT2D eigenvalue weighted by molar-refractivity contribution is -0.142. The fraction of sp³-hybridized carbons (Fsp3) is 0.200. The van der Waals surface area contributed by atoms with Gasteiger partial charge in [-0.3, -0.25) is 9.78 Å². The Morgan fingerprint density at radius 2 is 1.95 bits per heavy atom. The Balaban J connectivity index is 1.93. The Hall–Kier alpha value is -2.36. The smallest absolute Gasteiger partial charge is 0.303 e. The fourth-order valence-electron chi connectivity index (χ4n) is 1.54. The van der Waals surface area contributed by atoms with Crippen molar-refractivity contribution < 1.29 is 14.3 Å². The van der Waals surface area contributed by atoms with Crippen molar-refractivity contribution in [3.63, 3.8) is 0 Å². The third-order valence-electron chi connectivity index (χ3n) is 2.46. The first-order chi connectivity index (χ1) is 9.24. The molecule has 0 radical (unpaired) electrons. The Morgan fingerprint density at radius 1 is 1.16 bits per heavy atom. The van der Waals surface area contributed by atoms with E-state index in [1.165, 1.54) is 6.92 Å². The summed E-state index contributed by atoms with van der Waals surface area (Å²) in [5, 5.41) is 0. The SMILES string of the molecule is CC(=O)OCc1cc(OCc2ccccc2)ccn1. The molecule has 1 aromatic heterocycles. The zero-order chi connectivity index (χ0) is 13.5. The minimum absolute atomic E-state index is 0.165. The van der Waals surface area contributed by atoms with Crippen LogP contribution < -0.4 is 4.74 Å². The molecule has 0 atom stereocenters. The average molecular weight is 257 g/mol. The molecule has 1 aromatic carbocycles. The van der Waals surface area contributed by atoms with E-state index in [1.54, 1.807) is 18.3 Å². The molecule has 1 heterocycles. The third-order valence-corrected chi connectivity index (χ3v) is 2.46. The predicted octanol–water partition coefficient (Wildman–Crippen LogP) is 2.72. The quantitative estimate of drug-likeness (QED) is 0.773. The Labute approximate surface area is 112 Å². The van der Waals surface area contributed by atoms with Crippen molar-refractivity contribution in [2.24, 2.45) is 0 Å². The summed E-state index contributed by atoms with van der Waals surface area (Å²) >= 11 is 0. The molecule has 2 rings (SSSR count). The summed E-state index contributed by atoms with van der Waals surface area (Å²) < 4.78 is 10.5. The highest BCUT2D eigenvalue weighted by Gasteiger charge is 2.01.